The van der Waals surface area contributed by atoms with Crippen molar-refractivity contribution in [1.29, 1.82) is 0 Å². The van der Waals surface area contributed by atoms with Crippen LogP contribution in [0.4, 0.5) is 10.2 Å². The lowest BCUT2D eigenvalue weighted by Crippen LogP contribution is -2.62. The Balaban J connectivity index is 1.21. The van der Waals surface area contributed by atoms with E-state index in [9.17, 15) is 12.8 Å². The normalized spacial score (nSPS) is 27.4. The third-order valence-corrected chi connectivity index (χ3v) is 10.1. The van der Waals surface area contributed by atoms with Crippen LogP contribution in [0.5, 0.6) is 0 Å². The summed E-state index contributed by atoms with van der Waals surface area (Å²) in [6.07, 6.45) is 6.18. The quantitative estimate of drug-likeness (QED) is 0.517. The van der Waals surface area contributed by atoms with Crippen LogP contribution in [0.25, 0.3) is 0 Å². The number of nitrogens with one attached hydrogen (secondary N) is 1. The highest BCUT2D eigenvalue weighted by atomic mass is 32.2. The van der Waals surface area contributed by atoms with Crippen molar-refractivity contribution in [2.24, 2.45) is 5.92 Å². The van der Waals surface area contributed by atoms with Gasteiger partial charge in [-0.3, -0.25) is 0 Å². The summed E-state index contributed by atoms with van der Waals surface area (Å²) in [5.41, 5.74) is 1.06. The van der Waals surface area contributed by atoms with Crippen LogP contribution in [-0.2, 0) is 14.9 Å². The second kappa shape index (κ2) is 11.9. The predicted octanol–water partition coefficient (Wildman–Crippen LogP) is 2.63. The molecule has 3 aliphatic rings. The summed E-state index contributed by atoms with van der Waals surface area (Å²) in [7, 11) is 0.0365. The fourth-order valence-corrected chi connectivity index (χ4v) is 7.36. The van der Waals surface area contributed by atoms with E-state index in [-0.39, 0.29) is 29.9 Å². The van der Waals surface area contributed by atoms with Crippen molar-refractivity contribution in [3.05, 3.63) is 54.0 Å². The molecule has 2 atom stereocenters. The number of halogens is 1. The van der Waals surface area contributed by atoms with Gasteiger partial charge in [-0.1, -0.05) is 12.1 Å². The molecule has 1 aliphatic carbocycles. The molecular weight excluding hydrogens is 507 g/mol. The maximum atomic E-state index is 13.7. The zero-order valence-corrected chi connectivity index (χ0v) is 23.1. The third kappa shape index (κ3) is 6.51. The number of ether oxygens (including phenoxy) is 1. The number of piperidine rings is 1. The summed E-state index contributed by atoms with van der Waals surface area (Å²) >= 11 is 0. The van der Waals surface area contributed by atoms with E-state index >= 15 is 0 Å². The third-order valence-electron chi connectivity index (χ3n) is 8.39. The first kappa shape index (κ1) is 27.4. The van der Waals surface area contributed by atoms with E-state index in [0.717, 1.165) is 50.2 Å². The average molecular weight is 547 g/mol. The van der Waals surface area contributed by atoms with E-state index in [1.165, 1.54) is 10.4 Å². The van der Waals surface area contributed by atoms with Crippen LogP contribution in [0.1, 0.15) is 43.6 Å². The molecule has 3 heterocycles. The fourth-order valence-electron chi connectivity index (χ4n) is 5.98. The Labute approximate surface area is 225 Å². The Kier molecular flexibility index (Phi) is 8.59. The molecule has 1 aromatic heterocycles. The molecule has 0 unspecified atom stereocenters. The van der Waals surface area contributed by atoms with Crippen LogP contribution in [0, 0.1) is 11.7 Å². The van der Waals surface area contributed by atoms with E-state index in [0.29, 0.717) is 32.0 Å². The molecule has 5 rings (SSSR count). The standard InChI is InChI=1S/C27H39FN6O3S/c1-32-17-24(18-32)33(2)38(35,36)31-26-12-14-34(27-7-4-13-29-30-27)16-22(26)19-37-25-10-8-20(9-11-25)21-5-3-6-23(28)15-21/h3-7,13,15,20,22,24-26,31H,8-12,14,16-19H2,1-2H3/t20-,22-,25+,26-/m0/s1. The number of likely N-dealkylation sites (N-methyl/N-ethyl adjacent to an activating group) is 2. The maximum Gasteiger partial charge on any atom is 0.279 e. The molecular formula is C27H39FN6O3S. The Bertz CT molecular complexity index is 1160. The molecule has 9 nitrogen and oxygen atoms in total. The molecule has 0 spiro atoms. The summed E-state index contributed by atoms with van der Waals surface area (Å²) in [6.45, 7) is 3.28. The number of rotatable bonds is 9. The van der Waals surface area contributed by atoms with E-state index in [2.05, 4.69) is 24.7 Å². The van der Waals surface area contributed by atoms with Crippen molar-refractivity contribution in [1.82, 2.24) is 24.1 Å². The van der Waals surface area contributed by atoms with E-state index in [1.54, 1.807) is 25.4 Å². The summed E-state index contributed by atoms with van der Waals surface area (Å²) in [5.74, 6) is 0.935. The highest BCUT2D eigenvalue weighted by molar-refractivity contribution is 7.87. The van der Waals surface area contributed by atoms with E-state index < -0.39 is 10.2 Å². The number of anilines is 1. The molecule has 208 valence electrons. The van der Waals surface area contributed by atoms with Gasteiger partial charge in [0.1, 0.15) is 5.82 Å². The SMILES string of the molecule is CN1CC(N(C)S(=O)(=O)N[C@H]2CCN(c3cccnn3)C[C@H]2CO[C@H]2CC[C@@H](c3cccc(F)c3)CC2)C1. The smallest absolute Gasteiger partial charge is 0.279 e. The highest BCUT2D eigenvalue weighted by Gasteiger charge is 2.38. The van der Waals surface area contributed by atoms with Crippen LogP contribution in [0.3, 0.4) is 0 Å². The van der Waals surface area contributed by atoms with Crippen LogP contribution < -0.4 is 9.62 Å². The molecule has 0 bridgehead atoms. The Morgan fingerprint density at radius 2 is 1.89 bits per heavy atom. The van der Waals surface area contributed by atoms with Crippen molar-refractivity contribution in [3.8, 4) is 0 Å². The molecule has 1 N–H and O–H groups in total. The van der Waals surface area contributed by atoms with Gasteiger partial charge in [0.25, 0.3) is 10.2 Å². The summed E-state index contributed by atoms with van der Waals surface area (Å²) in [5, 5.41) is 8.28. The molecule has 0 amide bonds. The molecule has 2 aliphatic heterocycles. The van der Waals surface area contributed by atoms with Gasteiger partial charge in [0.2, 0.25) is 0 Å². The number of hydrogen-bond donors (Lipinski definition) is 1. The lowest BCUT2D eigenvalue weighted by atomic mass is 9.82. The second-order valence-electron chi connectivity index (χ2n) is 11.1. The lowest BCUT2D eigenvalue weighted by Gasteiger charge is -2.43. The number of benzene rings is 1. The number of aromatic nitrogens is 2. The minimum Gasteiger partial charge on any atom is -0.378 e. The molecule has 2 saturated heterocycles. The minimum absolute atomic E-state index is 0.000145. The van der Waals surface area contributed by atoms with Gasteiger partial charge >= 0.3 is 0 Å². The van der Waals surface area contributed by atoms with Gasteiger partial charge < -0.3 is 14.5 Å². The van der Waals surface area contributed by atoms with Gasteiger partial charge in [-0.15, -0.1) is 5.10 Å². The fraction of sp³-hybridized carbons (Fsp3) is 0.630. The molecule has 11 heteroatoms. The number of likely N-dealkylation sites (tertiary alicyclic amines) is 1. The van der Waals surface area contributed by atoms with E-state index in [1.807, 2.05) is 25.2 Å². The van der Waals surface area contributed by atoms with E-state index in [4.69, 9.17) is 4.74 Å². The maximum absolute atomic E-state index is 13.7. The van der Waals surface area contributed by atoms with Gasteiger partial charge in [-0.2, -0.15) is 22.5 Å². The average Bonchev–Trinajstić information content (AvgIpc) is 2.91. The number of nitrogens with zero attached hydrogens (tertiary/aromatic N) is 5. The van der Waals surface area contributed by atoms with Gasteiger partial charge in [-0.05, 0) is 74.9 Å². The summed E-state index contributed by atoms with van der Waals surface area (Å²) in [4.78, 5) is 4.27. The first-order valence-electron chi connectivity index (χ1n) is 13.6. The van der Waals surface area contributed by atoms with Crippen molar-refractivity contribution in [2.75, 3.05) is 51.8 Å². The molecule has 38 heavy (non-hydrogen) atoms. The summed E-state index contributed by atoms with van der Waals surface area (Å²) in [6, 6.07) is 10.5. The van der Waals surface area contributed by atoms with Crippen LogP contribution in [0.15, 0.2) is 42.6 Å². The van der Waals surface area contributed by atoms with Crippen molar-refractivity contribution in [2.45, 2.75) is 56.2 Å². The topological polar surface area (TPSA) is 90.9 Å². The van der Waals surface area contributed by atoms with Gasteiger partial charge in [-0.25, -0.2) is 4.39 Å². The summed E-state index contributed by atoms with van der Waals surface area (Å²) < 4.78 is 51.0. The zero-order chi connectivity index (χ0) is 26.7. The molecule has 1 saturated carbocycles. The lowest BCUT2D eigenvalue weighted by molar-refractivity contribution is -0.00234. The highest BCUT2D eigenvalue weighted by Crippen LogP contribution is 2.35. The van der Waals surface area contributed by atoms with Crippen LogP contribution in [-0.4, -0.2) is 92.9 Å². The molecule has 1 aromatic carbocycles. The first-order chi connectivity index (χ1) is 18.3. The monoisotopic (exact) mass is 546 g/mol. The van der Waals surface area contributed by atoms with Gasteiger partial charge in [0.15, 0.2) is 5.82 Å². The predicted molar refractivity (Wildman–Crippen MR) is 145 cm³/mol. The largest absolute Gasteiger partial charge is 0.378 e. The van der Waals surface area contributed by atoms with Crippen LogP contribution >= 0.6 is 0 Å². The Hall–Kier alpha value is -2.18. The Morgan fingerprint density at radius 1 is 1.11 bits per heavy atom. The van der Waals surface area contributed by atoms with Crippen molar-refractivity contribution < 1.29 is 17.5 Å². The minimum atomic E-state index is -3.62. The zero-order valence-electron chi connectivity index (χ0n) is 22.2. The first-order valence-corrected chi connectivity index (χ1v) is 15.1. The Morgan fingerprint density at radius 3 is 2.58 bits per heavy atom. The second-order valence-corrected chi connectivity index (χ2v) is 12.8. The molecule has 2 aromatic rings. The van der Waals surface area contributed by atoms with Gasteiger partial charge in [0.05, 0.1) is 18.8 Å². The molecule has 3 fully saturated rings. The van der Waals surface area contributed by atoms with Crippen molar-refractivity contribution in [3.63, 3.8) is 0 Å². The van der Waals surface area contributed by atoms with Gasteiger partial charge in [0, 0.05) is 51.4 Å². The van der Waals surface area contributed by atoms with Crippen LogP contribution in [0.2, 0.25) is 0 Å². The molecule has 0 radical (unpaired) electrons. The number of hydrogen-bond acceptors (Lipinski definition) is 7. The van der Waals surface area contributed by atoms with Crippen molar-refractivity contribution >= 4 is 16.0 Å².